The average molecular weight is 414 g/mol. The van der Waals surface area contributed by atoms with E-state index in [2.05, 4.69) is 5.32 Å². The zero-order valence-electron chi connectivity index (χ0n) is 15.7. The van der Waals surface area contributed by atoms with E-state index in [0.29, 0.717) is 11.3 Å². The molecule has 2 aromatic carbocycles. The summed E-state index contributed by atoms with van der Waals surface area (Å²) >= 11 is 0.825. The smallest absolute Gasteiger partial charge is 0.293 e. The zero-order chi connectivity index (χ0) is 20.8. The van der Waals surface area contributed by atoms with Gasteiger partial charge in [0, 0.05) is 13.1 Å². The quantitative estimate of drug-likeness (QED) is 0.704. The Hall–Kier alpha value is -3.13. The van der Waals surface area contributed by atoms with Crippen LogP contribution in [0.1, 0.15) is 11.1 Å². The second-order valence-corrected chi connectivity index (χ2v) is 7.26. The molecule has 8 heteroatoms. The summed E-state index contributed by atoms with van der Waals surface area (Å²) in [5.41, 5.74) is 1.43. The summed E-state index contributed by atoms with van der Waals surface area (Å²) < 4.78 is 18.1. The molecular weight excluding hydrogens is 395 g/mol. The number of rotatable bonds is 7. The van der Waals surface area contributed by atoms with E-state index in [-0.39, 0.29) is 36.1 Å². The van der Waals surface area contributed by atoms with Gasteiger partial charge in [0.25, 0.3) is 11.1 Å². The molecule has 1 aliphatic heterocycles. The Morgan fingerprint density at radius 1 is 1.21 bits per heavy atom. The molecule has 3 amide bonds. The number of hydrogen-bond acceptors (Lipinski definition) is 5. The number of ether oxygens (including phenoxy) is 1. The monoisotopic (exact) mass is 414 g/mol. The van der Waals surface area contributed by atoms with Crippen LogP contribution in [0.3, 0.4) is 0 Å². The first-order valence-electron chi connectivity index (χ1n) is 8.87. The molecule has 0 radical (unpaired) electrons. The fourth-order valence-corrected chi connectivity index (χ4v) is 3.61. The van der Waals surface area contributed by atoms with Crippen molar-refractivity contribution in [2.75, 3.05) is 20.2 Å². The van der Waals surface area contributed by atoms with E-state index in [9.17, 15) is 18.8 Å². The van der Waals surface area contributed by atoms with Crippen LogP contribution in [0.5, 0.6) is 5.75 Å². The number of hydrogen-bond donors (Lipinski definition) is 1. The minimum Gasteiger partial charge on any atom is -0.497 e. The van der Waals surface area contributed by atoms with Gasteiger partial charge in [-0.25, -0.2) is 4.39 Å². The van der Waals surface area contributed by atoms with Gasteiger partial charge >= 0.3 is 0 Å². The van der Waals surface area contributed by atoms with Gasteiger partial charge in [0.15, 0.2) is 0 Å². The van der Waals surface area contributed by atoms with E-state index < -0.39 is 11.1 Å². The molecule has 0 spiro atoms. The van der Waals surface area contributed by atoms with Crippen LogP contribution in [-0.4, -0.2) is 42.2 Å². The Labute approximate surface area is 171 Å². The fourth-order valence-electron chi connectivity index (χ4n) is 2.74. The van der Waals surface area contributed by atoms with Crippen LogP contribution in [0.4, 0.5) is 9.18 Å². The van der Waals surface area contributed by atoms with Gasteiger partial charge < -0.3 is 10.1 Å². The Morgan fingerprint density at radius 2 is 1.97 bits per heavy atom. The van der Waals surface area contributed by atoms with Crippen molar-refractivity contribution >= 4 is 34.9 Å². The van der Waals surface area contributed by atoms with Crippen molar-refractivity contribution in [2.24, 2.45) is 0 Å². The average Bonchev–Trinajstić information content (AvgIpc) is 2.97. The minimum absolute atomic E-state index is 0.0786. The molecule has 1 saturated heterocycles. The van der Waals surface area contributed by atoms with Gasteiger partial charge in [0.2, 0.25) is 5.91 Å². The number of methoxy groups -OCH3 is 1. The van der Waals surface area contributed by atoms with Gasteiger partial charge in [-0.15, -0.1) is 0 Å². The highest BCUT2D eigenvalue weighted by Crippen LogP contribution is 2.31. The Morgan fingerprint density at radius 3 is 2.69 bits per heavy atom. The van der Waals surface area contributed by atoms with Crippen LogP contribution in [-0.2, 0) is 16.0 Å². The number of imide groups is 1. The molecule has 0 aliphatic carbocycles. The van der Waals surface area contributed by atoms with E-state index in [1.807, 2.05) is 6.07 Å². The molecule has 1 aliphatic rings. The lowest BCUT2D eigenvalue weighted by Crippen LogP contribution is -2.37. The number of benzene rings is 2. The molecule has 0 atom stereocenters. The van der Waals surface area contributed by atoms with Crippen molar-refractivity contribution in [1.29, 1.82) is 0 Å². The maximum atomic E-state index is 13.0. The number of carbonyl (C=O) groups is 3. The standard InChI is InChI=1S/C21H19FN2O4S/c1-28-17-4-2-3-15(11-17)13-19(25)23-9-10-24-20(26)18(29-21(24)27)12-14-5-7-16(22)8-6-14/h2-8,11-12H,9-10,13H2,1H3,(H,23,25). The van der Waals surface area contributed by atoms with Gasteiger partial charge in [0.05, 0.1) is 18.4 Å². The Bertz CT molecular complexity index is 959. The maximum Gasteiger partial charge on any atom is 0.293 e. The lowest BCUT2D eigenvalue weighted by atomic mass is 10.1. The van der Waals surface area contributed by atoms with E-state index >= 15 is 0 Å². The second kappa shape index (κ2) is 9.38. The number of nitrogens with zero attached hydrogens (tertiary/aromatic N) is 1. The van der Waals surface area contributed by atoms with Crippen LogP contribution in [0.15, 0.2) is 53.4 Å². The molecule has 0 aromatic heterocycles. The zero-order valence-corrected chi connectivity index (χ0v) is 16.5. The largest absolute Gasteiger partial charge is 0.497 e. The Kier molecular flexibility index (Phi) is 6.66. The molecule has 0 bridgehead atoms. The van der Waals surface area contributed by atoms with Gasteiger partial charge in [-0.1, -0.05) is 24.3 Å². The second-order valence-electron chi connectivity index (χ2n) is 6.26. The van der Waals surface area contributed by atoms with Crippen molar-refractivity contribution in [1.82, 2.24) is 10.2 Å². The number of carbonyl (C=O) groups excluding carboxylic acids is 3. The van der Waals surface area contributed by atoms with E-state index in [4.69, 9.17) is 4.74 Å². The van der Waals surface area contributed by atoms with Crippen molar-refractivity contribution < 1.29 is 23.5 Å². The van der Waals surface area contributed by atoms with Gasteiger partial charge in [-0.2, -0.15) is 0 Å². The van der Waals surface area contributed by atoms with Gasteiger partial charge in [-0.05, 0) is 53.2 Å². The molecule has 1 heterocycles. The van der Waals surface area contributed by atoms with Gasteiger partial charge in [0.1, 0.15) is 11.6 Å². The highest BCUT2D eigenvalue weighted by Gasteiger charge is 2.34. The van der Waals surface area contributed by atoms with Gasteiger partial charge in [-0.3, -0.25) is 19.3 Å². The van der Waals surface area contributed by atoms with Crippen LogP contribution < -0.4 is 10.1 Å². The summed E-state index contributed by atoms with van der Waals surface area (Å²) in [7, 11) is 1.56. The number of nitrogens with one attached hydrogen (secondary N) is 1. The van der Waals surface area contributed by atoms with E-state index in [1.54, 1.807) is 31.4 Å². The van der Waals surface area contributed by atoms with Crippen molar-refractivity contribution in [3.05, 3.63) is 70.4 Å². The third-order valence-corrected chi connectivity index (χ3v) is 5.11. The number of thioether (sulfide) groups is 1. The highest BCUT2D eigenvalue weighted by molar-refractivity contribution is 8.18. The minimum atomic E-state index is -0.425. The molecule has 1 N–H and O–H groups in total. The summed E-state index contributed by atoms with van der Waals surface area (Å²) in [5.74, 6) is -0.348. The molecule has 150 valence electrons. The molecule has 0 saturated carbocycles. The Balaban J connectivity index is 1.52. The third kappa shape index (κ3) is 5.45. The molecule has 6 nitrogen and oxygen atoms in total. The SMILES string of the molecule is COc1cccc(CC(=O)NCCN2C(=O)SC(=Cc3ccc(F)cc3)C2=O)c1. The molecule has 29 heavy (non-hydrogen) atoms. The van der Waals surface area contributed by atoms with E-state index in [1.165, 1.54) is 24.3 Å². The lowest BCUT2D eigenvalue weighted by molar-refractivity contribution is -0.124. The summed E-state index contributed by atoms with van der Waals surface area (Å²) in [6, 6.07) is 12.8. The molecule has 0 unspecified atom stereocenters. The van der Waals surface area contributed by atoms with E-state index in [0.717, 1.165) is 22.2 Å². The van der Waals surface area contributed by atoms with Crippen LogP contribution in [0.2, 0.25) is 0 Å². The third-order valence-electron chi connectivity index (χ3n) is 4.20. The van der Waals surface area contributed by atoms with Crippen molar-refractivity contribution in [3.8, 4) is 5.75 Å². The fraction of sp³-hybridized carbons (Fsp3) is 0.190. The molecule has 1 fully saturated rings. The van der Waals surface area contributed by atoms with Crippen LogP contribution in [0, 0.1) is 5.82 Å². The maximum absolute atomic E-state index is 13.0. The molecule has 3 rings (SSSR count). The molecule has 2 aromatic rings. The van der Waals surface area contributed by atoms with Crippen LogP contribution in [0.25, 0.3) is 6.08 Å². The first-order valence-corrected chi connectivity index (χ1v) is 9.68. The summed E-state index contributed by atoms with van der Waals surface area (Å²) in [6.07, 6.45) is 1.72. The number of amides is 3. The topological polar surface area (TPSA) is 75.7 Å². The molecular formula is C21H19FN2O4S. The van der Waals surface area contributed by atoms with Crippen LogP contribution >= 0.6 is 11.8 Å². The summed E-state index contributed by atoms with van der Waals surface area (Å²) in [6.45, 7) is 0.236. The predicted molar refractivity (Wildman–Crippen MR) is 109 cm³/mol. The first kappa shape index (κ1) is 20.6. The highest BCUT2D eigenvalue weighted by atomic mass is 32.2. The summed E-state index contributed by atoms with van der Waals surface area (Å²) in [4.78, 5) is 38.0. The number of halogens is 1. The normalized spacial score (nSPS) is 15.1. The first-order chi connectivity index (χ1) is 14.0. The van der Waals surface area contributed by atoms with Crippen molar-refractivity contribution in [2.45, 2.75) is 6.42 Å². The lowest BCUT2D eigenvalue weighted by Gasteiger charge is -2.13. The summed E-state index contributed by atoms with van der Waals surface area (Å²) in [5, 5.41) is 2.31. The van der Waals surface area contributed by atoms with Crippen molar-refractivity contribution in [3.63, 3.8) is 0 Å². The predicted octanol–water partition coefficient (Wildman–Crippen LogP) is 3.23.